The van der Waals surface area contributed by atoms with E-state index in [4.69, 9.17) is 9.72 Å². The Morgan fingerprint density at radius 1 is 1.15 bits per heavy atom. The smallest absolute Gasteiger partial charge is 0.309 e. The number of hydrogen-bond donors (Lipinski definition) is 1. The van der Waals surface area contributed by atoms with Gasteiger partial charge in [-0.25, -0.2) is 4.98 Å². The van der Waals surface area contributed by atoms with Crippen molar-refractivity contribution in [1.29, 1.82) is 0 Å². The summed E-state index contributed by atoms with van der Waals surface area (Å²) in [4.78, 5) is 29.4. The maximum atomic E-state index is 13.1. The molecule has 0 unspecified atom stereocenters. The average Bonchev–Trinajstić information content (AvgIpc) is 3.24. The Kier molecular flexibility index (Phi) is 6.22. The Balaban J connectivity index is 1.63. The number of pyridine rings is 1. The van der Waals surface area contributed by atoms with Gasteiger partial charge in [-0.1, -0.05) is 30.3 Å². The minimum Gasteiger partial charge on any atom is -0.469 e. The van der Waals surface area contributed by atoms with Gasteiger partial charge < -0.3 is 10.1 Å². The van der Waals surface area contributed by atoms with Gasteiger partial charge in [-0.2, -0.15) is 5.10 Å². The Morgan fingerprint density at radius 2 is 1.94 bits per heavy atom. The fraction of sp³-hybridized carbons (Fsp3) is 0.231. The van der Waals surface area contributed by atoms with Crippen LogP contribution in [0, 0.1) is 6.92 Å². The van der Waals surface area contributed by atoms with Crippen molar-refractivity contribution >= 4 is 22.8 Å². The molecule has 0 fully saturated rings. The number of rotatable bonds is 6. The van der Waals surface area contributed by atoms with E-state index in [0.29, 0.717) is 5.56 Å². The summed E-state index contributed by atoms with van der Waals surface area (Å²) in [6.07, 6.45) is 3.88. The first-order chi connectivity index (χ1) is 15.9. The summed E-state index contributed by atoms with van der Waals surface area (Å²) in [6, 6.07) is 15.0. The predicted octanol–water partition coefficient (Wildman–Crippen LogP) is 4.15. The predicted molar refractivity (Wildman–Crippen MR) is 127 cm³/mol. The Morgan fingerprint density at radius 3 is 2.64 bits per heavy atom. The molecule has 4 rings (SSSR count). The average molecular weight is 443 g/mol. The minimum atomic E-state index is -0.311. The second-order valence-corrected chi connectivity index (χ2v) is 8.11. The van der Waals surface area contributed by atoms with Crippen LogP contribution in [0.25, 0.3) is 22.2 Å². The first kappa shape index (κ1) is 22.2. The fourth-order valence-corrected chi connectivity index (χ4v) is 3.94. The van der Waals surface area contributed by atoms with Gasteiger partial charge in [0.1, 0.15) is 0 Å². The molecule has 2 heterocycles. The molecule has 2 aromatic carbocycles. The lowest BCUT2D eigenvalue weighted by Gasteiger charge is -2.18. The number of hydrogen-bond acceptors (Lipinski definition) is 5. The van der Waals surface area contributed by atoms with Crippen LogP contribution >= 0.6 is 0 Å². The number of benzene rings is 2. The molecule has 0 saturated heterocycles. The van der Waals surface area contributed by atoms with Crippen molar-refractivity contribution in [2.24, 2.45) is 7.05 Å². The molecule has 33 heavy (non-hydrogen) atoms. The van der Waals surface area contributed by atoms with E-state index in [-0.39, 0.29) is 24.3 Å². The summed E-state index contributed by atoms with van der Waals surface area (Å²) in [5.74, 6) is -0.484. The van der Waals surface area contributed by atoms with Gasteiger partial charge in [-0.3, -0.25) is 14.3 Å². The van der Waals surface area contributed by atoms with Crippen LogP contribution < -0.4 is 5.32 Å². The van der Waals surface area contributed by atoms with E-state index in [9.17, 15) is 9.59 Å². The van der Waals surface area contributed by atoms with Crippen LogP contribution in [-0.2, 0) is 23.0 Å². The van der Waals surface area contributed by atoms with Crippen LogP contribution in [0.4, 0.5) is 0 Å². The van der Waals surface area contributed by atoms with E-state index < -0.39 is 0 Å². The first-order valence-electron chi connectivity index (χ1n) is 10.7. The number of aromatic nitrogens is 3. The van der Waals surface area contributed by atoms with E-state index in [0.717, 1.165) is 38.9 Å². The standard InChI is InChI=1S/C26H26N4O3/c1-16-11-18(12-25(31)33-4)9-10-20(16)26(32)28-17(2)22-13-24(19-14-27-30(3)15-19)29-23-8-6-5-7-21(22)23/h5-11,13-15,17H,12H2,1-4H3,(H,28,32)/t17-/m1/s1. The normalized spacial score (nSPS) is 11.9. The van der Waals surface area contributed by atoms with Gasteiger partial charge in [0.25, 0.3) is 5.91 Å². The summed E-state index contributed by atoms with van der Waals surface area (Å²) < 4.78 is 6.46. The third kappa shape index (κ3) is 4.77. The second-order valence-electron chi connectivity index (χ2n) is 8.11. The van der Waals surface area contributed by atoms with E-state index in [1.54, 1.807) is 23.0 Å². The second kappa shape index (κ2) is 9.24. The van der Waals surface area contributed by atoms with Crippen LogP contribution in [-0.4, -0.2) is 33.8 Å². The third-order valence-electron chi connectivity index (χ3n) is 5.67. The lowest BCUT2D eigenvalue weighted by Crippen LogP contribution is -2.27. The molecule has 7 heteroatoms. The van der Waals surface area contributed by atoms with Crippen LogP contribution in [0.1, 0.15) is 40.0 Å². The molecule has 4 aromatic rings. The van der Waals surface area contributed by atoms with Crippen LogP contribution in [0.2, 0.25) is 0 Å². The molecule has 1 atom stereocenters. The lowest BCUT2D eigenvalue weighted by atomic mass is 9.99. The van der Waals surface area contributed by atoms with Crippen molar-refractivity contribution in [2.45, 2.75) is 26.3 Å². The number of nitrogens with zero attached hydrogens (tertiary/aromatic N) is 3. The molecule has 0 spiro atoms. The van der Waals surface area contributed by atoms with Crippen molar-refractivity contribution in [1.82, 2.24) is 20.1 Å². The van der Waals surface area contributed by atoms with E-state index in [1.165, 1.54) is 7.11 Å². The molecule has 0 aliphatic carbocycles. The summed E-state index contributed by atoms with van der Waals surface area (Å²) in [7, 11) is 3.23. The molecular formula is C26H26N4O3. The zero-order valence-corrected chi connectivity index (χ0v) is 19.1. The van der Waals surface area contributed by atoms with Gasteiger partial charge >= 0.3 is 5.97 Å². The quantitative estimate of drug-likeness (QED) is 0.454. The maximum absolute atomic E-state index is 13.1. The lowest BCUT2D eigenvalue weighted by molar-refractivity contribution is -0.139. The number of amides is 1. The van der Waals surface area contributed by atoms with Gasteiger partial charge in [0.05, 0.1) is 37.0 Å². The topological polar surface area (TPSA) is 86.1 Å². The van der Waals surface area contributed by atoms with Crippen molar-refractivity contribution in [3.63, 3.8) is 0 Å². The number of nitrogens with one attached hydrogen (secondary N) is 1. The van der Waals surface area contributed by atoms with E-state index >= 15 is 0 Å². The number of carbonyl (C=O) groups is 2. The van der Waals surface area contributed by atoms with Crippen molar-refractivity contribution in [3.05, 3.63) is 83.2 Å². The van der Waals surface area contributed by atoms with Gasteiger partial charge in [-0.05, 0) is 48.7 Å². The van der Waals surface area contributed by atoms with Gasteiger partial charge in [0, 0.05) is 29.8 Å². The molecule has 2 aromatic heterocycles. The van der Waals surface area contributed by atoms with Gasteiger partial charge in [0.15, 0.2) is 0 Å². The highest BCUT2D eigenvalue weighted by Crippen LogP contribution is 2.29. The molecule has 1 N–H and O–H groups in total. The largest absolute Gasteiger partial charge is 0.469 e. The molecule has 0 aliphatic heterocycles. The molecule has 0 saturated carbocycles. The first-order valence-corrected chi connectivity index (χ1v) is 10.7. The number of para-hydroxylation sites is 1. The number of fused-ring (bicyclic) bond motifs is 1. The highest BCUT2D eigenvalue weighted by Gasteiger charge is 2.18. The van der Waals surface area contributed by atoms with Crippen molar-refractivity contribution in [2.75, 3.05) is 7.11 Å². The molecular weight excluding hydrogens is 416 g/mol. The molecule has 0 radical (unpaired) electrons. The summed E-state index contributed by atoms with van der Waals surface area (Å²) in [5.41, 5.74) is 5.75. The SMILES string of the molecule is COC(=O)Cc1ccc(C(=O)N[C@H](C)c2cc(-c3cnn(C)c3)nc3ccccc23)c(C)c1. The Hall–Kier alpha value is -4.00. The van der Waals surface area contributed by atoms with Crippen molar-refractivity contribution < 1.29 is 14.3 Å². The zero-order valence-electron chi connectivity index (χ0n) is 19.1. The van der Waals surface area contributed by atoms with Gasteiger partial charge in [-0.15, -0.1) is 0 Å². The van der Waals surface area contributed by atoms with E-state index in [2.05, 4.69) is 10.4 Å². The zero-order chi connectivity index (χ0) is 23.5. The van der Waals surface area contributed by atoms with Crippen LogP contribution in [0.15, 0.2) is 60.9 Å². The number of carbonyl (C=O) groups excluding carboxylic acids is 2. The summed E-state index contributed by atoms with van der Waals surface area (Å²) in [5, 5.41) is 8.36. The molecule has 1 amide bonds. The molecule has 0 bridgehead atoms. The Labute approximate surface area is 192 Å². The molecule has 0 aliphatic rings. The minimum absolute atomic E-state index is 0.173. The number of methoxy groups -OCH3 is 1. The summed E-state index contributed by atoms with van der Waals surface area (Å²) in [6.45, 7) is 3.83. The monoisotopic (exact) mass is 442 g/mol. The number of esters is 1. The Bertz CT molecular complexity index is 1340. The van der Waals surface area contributed by atoms with Crippen molar-refractivity contribution in [3.8, 4) is 11.3 Å². The van der Waals surface area contributed by atoms with E-state index in [1.807, 2.05) is 63.5 Å². The van der Waals surface area contributed by atoms with Crippen LogP contribution in [0.3, 0.4) is 0 Å². The highest BCUT2D eigenvalue weighted by atomic mass is 16.5. The molecule has 168 valence electrons. The number of aryl methyl sites for hydroxylation is 2. The van der Waals surface area contributed by atoms with Crippen LogP contribution in [0.5, 0.6) is 0 Å². The highest BCUT2D eigenvalue weighted by molar-refractivity contribution is 5.96. The van der Waals surface area contributed by atoms with Gasteiger partial charge in [0.2, 0.25) is 0 Å². The maximum Gasteiger partial charge on any atom is 0.309 e. The number of ether oxygens (including phenoxy) is 1. The molecule has 7 nitrogen and oxygen atoms in total. The fourth-order valence-electron chi connectivity index (χ4n) is 3.94. The third-order valence-corrected chi connectivity index (χ3v) is 5.67. The summed E-state index contributed by atoms with van der Waals surface area (Å²) >= 11 is 0.